The first kappa shape index (κ1) is 26.6. The summed E-state index contributed by atoms with van der Waals surface area (Å²) in [7, 11) is -4.27. The molecule has 0 bridgehead atoms. The standard InChI is InChI=1S/C13H6F6N.C3H3N3O3S.Ir/c14-12(15,16)9-5-8(11-3-1-2-4-20-11)6-10(7-9)13(17,18)19;7-10(8,9)3-5-1-4-2-6-3;/h1-5,7H;1-2H,(H,7,8,9);/q-1;;. The number of hydrogen-bond donors (Lipinski definition) is 1. The molecule has 2 aromatic heterocycles. The van der Waals surface area contributed by atoms with E-state index in [4.69, 9.17) is 4.55 Å². The second-order valence-corrected chi connectivity index (χ2v) is 6.62. The molecule has 15 heteroatoms. The molecule has 0 saturated heterocycles. The molecule has 0 aliphatic heterocycles. The van der Waals surface area contributed by atoms with Crippen LogP contribution in [-0.4, -0.2) is 32.9 Å². The van der Waals surface area contributed by atoms with E-state index in [0.717, 1.165) is 12.7 Å². The number of pyridine rings is 1. The van der Waals surface area contributed by atoms with Crippen molar-refractivity contribution in [1.82, 2.24) is 19.9 Å². The molecule has 0 spiro atoms. The zero-order valence-electron chi connectivity index (χ0n) is 14.7. The van der Waals surface area contributed by atoms with E-state index in [9.17, 15) is 34.8 Å². The quantitative estimate of drug-likeness (QED) is 0.258. The Labute approximate surface area is 184 Å². The fourth-order valence-corrected chi connectivity index (χ4v) is 2.27. The fourth-order valence-electron chi connectivity index (χ4n) is 1.91. The molecule has 31 heavy (non-hydrogen) atoms. The maximum absolute atomic E-state index is 12.7. The van der Waals surface area contributed by atoms with Crippen LogP contribution in [-0.2, 0) is 42.6 Å². The second kappa shape index (κ2) is 10.2. The van der Waals surface area contributed by atoms with E-state index < -0.39 is 38.8 Å². The van der Waals surface area contributed by atoms with E-state index in [1.807, 2.05) is 6.07 Å². The molecule has 1 aromatic carbocycles. The number of hydrogen-bond acceptors (Lipinski definition) is 6. The van der Waals surface area contributed by atoms with Crippen LogP contribution in [0.4, 0.5) is 26.3 Å². The topological polar surface area (TPSA) is 106 Å². The van der Waals surface area contributed by atoms with Gasteiger partial charge in [-0.05, 0) is 22.9 Å². The molecule has 0 amide bonds. The van der Waals surface area contributed by atoms with Crippen LogP contribution in [0.25, 0.3) is 11.3 Å². The Kier molecular flexibility index (Phi) is 8.75. The minimum Gasteiger partial charge on any atom is -0.305 e. The third kappa shape index (κ3) is 7.94. The first-order chi connectivity index (χ1) is 13.8. The van der Waals surface area contributed by atoms with Crippen molar-refractivity contribution in [1.29, 1.82) is 0 Å². The van der Waals surface area contributed by atoms with E-state index in [-0.39, 0.29) is 37.4 Å². The van der Waals surface area contributed by atoms with Crippen LogP contribution in [0.1, 0.15) is 11.1 Å². The summed E-state index contributed by atoms with van der Waals surface area (Å²) in [4.78, 5) is 13.5. The van der Waals surface area contributed by atoms with Gasteiger partial charge >= 0.3 is 22.5 Å². The predicted molar refractivity (Wildman–Crippen MR) is 88.2 cm³/mol. The Bertz CT molecular complexity index is 1070. The van der Waals surface area contributed by atoms with Crippen molar-refractivity contribution in [2.45, 2.75) is 17.5 Å². The van der Waals surface area contributed by atoms with Crippen molar-refractivity contribution in [2.24, 2.45) is 0 Å². The first-order valence-electron chi connectivity index (χ1n) is 7.51. The van der Waals surface area contributed by atoms with Gasteiger partial charge in [-0.3, -0.25) is 4.55 Å². The first-order valence-corrected chi connectivity index (χ1v) is 8.95. The SMILES string of the molecule is FC(F)(F)c1[c-]c(-c2ccccn2)cc(C(F)(F)F)c1.O=S(=O)(O)c1ncncn1.[Ir]. The molecule has 1 N–H and O–H groups in total. The summed E-state index contributed by atoms with van der Waals surface area (Å²) in [6.45, 7) is 0. The predicted octanol–water partition coefficient (Wildman–Crippen LogP) is 3.70. The molecule has 169 valence electrons. The van der Waals surface area contributed by atoms with Gasteiger partial charge in [0.05, 0.1) is 0 Å². The molecular weight excluding hydrogens is 634 g/mol. The van der Waals surface area contributed by atoms with Gasteiger partial charge < -0.3 is 4.98 Å². The Morgan fingerprint density at radius 1 is 0.903 bits per heavy atom. The number of aromatic nitrogens is 4. The van der Waals surface area contributed by atoms with Crippen LogP contribution >= 0.6 is 0 Å². The summed E-state index contributed by atoms with van der Waals surface area (Å²) >= 11 is 0. The van der Waals surface area contributed by atoms with Crippen molar-refractivity contribution in [3.8, 4) is 11.3 Å². The maximum atomic E-state index is 12.7. The zero-order valence-corrected chi connectivity index (χ0v) is 17.9. The van der Waals surface area contributed by atoms with Crippen molar-refractivity contribution in [3.05, 3.63) is 66.4 Å². The molecule has 7 nitrogen and oxygen atoms in total. The van der Waals surface area contributed by atoms with E-state index in [2.05, 4.69) is 19.9 Å². The Morgan fingerprint density at radius 3 is 1.94 bits per heavy atom. The third-order valence-electron chi connectivity index (χ3n) is 3.14. The fraction of sp³-hybridized carbons (Fsp3) is 0.125. The molecule has 1 radical (unpaired) electrons. The monoisotopic (exact) mass is 644 g/mol. The van der Waals surface area contributed by atoms with Crippen LogP contribution in [0.3, 0.4) is 0 Å². The van der Waals surface area contributed by atoms with Crippen molar-refractivity contribution < 1.29 is 59.4 Å². The minimum atomic E-state index is -4.91. The van der Waals surface area contributed by atoms with Gasteiger partial charge in [-0.2, -0.15) is 34.8 Å². The van der Waals surface area contributed by atoms with Gasteiger partial charge in [0.2, 0.25) is 0 Å². The van der Waals surface area contributed by atoms with Gasteiger partial charge in [-0.15, -0.1) is 23.8 Å². The van der Waals surface area contributed by atoms with Crippen LogP contribution in [0.2, 0.25) is 0 Å². The average molecular weight is 644 g/mol. The molecule has 0 atom stereocenters. The third-order valence-corrected chi connectivity index (χ3v) is 3.82. The van der Waals surface area contributed by atoms with Gasteiger partial charge in [0, 0.05) is 26.3 Å². The number of alkyl halides is 6. The molecule has 0 saturated carbocycles. The van der Waals surface area contributed by atoms with Crippen molar-refractivity contribution in [3.63, 3.8) is 0 Å². The van der Waals surface area contributed by atoms with Crippen LogP contribution in [0.5, 0.6) is 0 Å². The largest absolute Gasteiger partial charge is 0.399 e. The second-order valence-electron chi connectivity index (χ2n) is 5.30. The van der Waals surface area contributed by atoms with Crippen LogP contribution < -0.4 is 0 Å². The summed E-state index contributed by atoms with van der Waals surface area (Å²) < 4.78 is 105. The minimum absolute atomic E-state index is 0. The Hall–Kier alpha value is -2.48. The average Bonchev–Trinajstić information content (AvgIpc) is 2.67. The maximum Gasteiger partial charge on any atom is 0.399 e. The van der Waals surface area contributed by atoms with Gasteiger partial charge in [-0.1, -0.05) is 12.1 Å². The number of rotatable bonds is 2. The van der Waals surface area contributed by atoms with Gasteiger partial charge in [0.15, 0.2) is 0 Å². The molecular formula is C16H9F6IrN4O3S-. The molecule has 0 unspecified atom stereocenters. The van der Waals surface area contributed by atoms with Crippen molar-refractivity contribution >= 4 is 10.1 Å². The smallest absolute Gasteiger partial charge is 0.305 e. The Balaban J connectivity index is 0.000000370. The van der Waals surface area contributed by atoms with E-state index in [1.165, 1.54) is 24.4 Å². The summed E-state index contributed by atoms with van der Waals surface area (Å²) in [6, 6.07) is 6.83. The molecule has 3 aromatic rings. The molecule has 0 fully saturated rings. The number of benzene rings is 1. The molecule has 3 rings (SSSR count). The van der Waals surface area contributed by atoms with E-state index in [1.54, 1.807) is 0 Å². The van der Waals surface area contributed by atoms with E-state index in [0.29, 0.717) is 6.07 Å². The number of halogens is 6. The van der Waals surface area contributed by atoms with E-state index >= 15 is 0 Å². The van der Waals surface area contributed by atoms with Crippen LogP contribution in [0.15, 0.2) is 54.3 Å². The summed E-state index contributed by atoms with van der Waals surface area (Å²) in [5.41, 5.74) is -3.23. The van der Waals surface area contributed by atoms with Gasteiger partial charge in [0.25, 0.3) is 5.16 Å². The number of nitrogens with zero attached hydrogens (tertiary/aromatic N) is 4. The summed E-state index contributed by atoms with van der Waals surface area (Å²) in [5.74, 6) is 0. The molecule has 0 aliphatic rings. The van der Waals surface area contributed by atoms with Gasteiger partial charge in [-0.25, -0.2) is 15.0 Å². The van der Waals surface area contributed by atoms with Crippen LogP contribution in [0, 0.1) is 6.07 Å². The zero-order chi connectivity index (χ0) is 22.6. The summed E-state index contributed by atoms with van der Waals surface area (Å²) in [6.07, 6.45) is -6.55. The Morgan fingerprint density at radius 2 is 1.52 bits per heavy atom. The molecule has 0 aliphatic carbocycles. The molecule has 2 heterocycles. The normalized spacial score (nSPS) is 11.7. The van der Waals surface area contributed by atoms with Gasteiger partial charge in [0.1, 0.15) is 12.7 Å². The van der Waals surface area contributed by atoms with Crippen molar-refractivity contribution in [2.75, 3.05) is 0 Å². The summed E-state index contributed by atoms with van der Waals surface area (Å²) in [5, 5.41) is -0.637.